The average Bonchev–Trinajstić information content (AvgIpc) is 2.88. The van der Waals surface area contributed by atoms with E-state index < -0.39 is 0 Å². The van der Waals surface area contributed by atoms with Gasteiger partial charge in [-0.05, 0) is 57.0 Å². The van der Waals surface area contributed by atoms with Crippen molar-refractivity contribution in [3.05, 3.63) is 34.6 Å². The van der Waals surface area contributed by atoms with Crippen LogP contribution in [0.15, 0.2) is 18.2 Å². The highest BCUT2D eigenvalue weighted by Gasteiger charge is 2.31. The predicted octanol–water partition coefficient (Wildman–Crippen LogP) is 3.60. The molecule has 3 unspecified atom stereocenters. The molecule has 0 aromatic heterocycles. The molecule has 1 aromatic carbocycles. The first-order valence-corrected chi connectivity index (χ1v) is 7.29. The van der Waals surface area contributed by atoms with E-state index in [-0.39, 0.29) is 16.9 Å². The first-order chi connectivity index (χ1) is 9.04. The minimum absolute atomic E-state index is 0.194. The number of rotatable bonds is 4. The molecule has 1 aromatic rings. The van der Waals surface area contributed by atoms with Gasteiger partial charge in [-0.2, -0.15) is 0 Å². The first kappa shape index (κ1) is 14.8. The van der Waals surface area contributed by atoms with Crippen molar-refractivity contribution >= 4 is 11.6 Å². The lowest BCUT2D eigenvalue weighted by Crippen LogP contribution is -2.39. The van der Waals surface area contributed by atoms with E-state index in [1.807, 2.05) is 6.07 Å². The van der Waals surface area contributed by atoms with Gasteiger partial charge >= 0.3 is 0 Å². The first-order valence-electron chi connectivity index (χ1n) is 6.91. The molecule has 1 fully saturated rings. The van der Waals surface area contributed by atoms with Crippen LogP contribution < -0.4 is 5.73 Å². The Morgan fingerprint density at radius 1 is 1.47 bits per heavy atom. The summed E-state index contributed by atoms with van der Waals surface area (Å²) in [7, 11) is 2.13. The van der Waals surface area contributed by atoms with Crippen molar-refractivity contribution < 1.29 is 4.39 Å². The summed E-state index contributed by atoms with van der Waals surface area (Å²) >= 11 is 5.86. The molecule has 106 valence electrons. The summed E-state index contributed by atoms with van der Waals surface area (Å²) < 4.78 is 13.2. The zero-order valence-electron chi connectivity index (χ0n) is 11.6. The van der Waals surface area contributed by atoms with Crippen LogP contribution >= 0.6 is 11.6 Å². The maximum Gasteiger partial charge on any atom is 0.141 e. The fraction of sp³-hybridized carbons (Fsp3) is 0.600. The SMILES string of the molecule is CC(c1ccc(F)c(Cl)c1)N(C)C1CCCC1CN. The molecule has 0 amide bonds. The molecular formula is C15H22ClFN2. The molecule has 0 radical (unpaired) electrons. The van der Waals surface area contributed by atoms with Gasteiger partial charge in [0.15, 0.2) is 0 Å². The molecule has 1 saturated carbocycles. The van der Waals surface area contributed by atoms with Crippen LogP contribution in [0, 0.1) is 11.7 Å². The largest absolute Gasteiger partial charge is 0.330 e. The lowest BCUT2D eigenvalue weighted by atomic mass is 9.99. The summed E-state index contributed by atoms with van der Waals surface area (Å²) in [5.74, 6) is 0.212. The van der Waals surface area contributed by atoms with Crippen molar-refractivity contribution in [1.29, 1.82) is 0 Å². The van der Waals surface area contributed by atoms with Gasteiger partial charge in [0.05, 0.1) is 5.02 Å². The van der Waals surface area contributed by atoms with Crippen LogP contribution in [0.2, 0.25) is 5.02 Å². The van der Waals surface area contributed by atoms with Gasteiger partial charge in [-0.3, -0.25) is 4.90 Å². The molecule has 0 bridgehead atoms. The van der Waals surface area contributed by atoms with Crippen LogP contribution in [0.25, 0.3) is 0 Å². The Balaban J connectivity index is 2.13. The van der Waals surface area contributed by atoms with Gasteiger partial charge in [0.25, 0.3) is 0 Å². The number of nitrogens with two attached hydrogens (primary N) is 1. The zero-order valence-corrected chi connectivity index (χ0v) is 12.3. The fourth-order valence-electron chi connectivity index (χ4n) is 3.12. The summed E-state index contributed by atoms with van der Waals surface area (Å²) in [5.41, 5.74) is 6.90. The van der Waals surface area contributed by atoms with Crippen LogP contribution in [0.4, 0.5) is 4.39 Å². The van der Waals surface area contributed by atoms with Gasteiger partial charge in [0, 0.05) is 12.1 Å². The second kappa shape index (κ2) is 6.21. The normalized spacial score (nSPS) is 24.9. The molecule has 2 rings (SSSR count). The molecule has 0 spiro atoms. The van der Waals surface area contributed by atoms with E-state index in [9.17, 15) is 4.39 Å². The maximum absolute atomic E-state index is 13.2. The molecule has 19 heavy (non-hydrogen) atoms. The molecule has 4 heteroatoms. The van der Waals surface area contributed by atoms with Crippen LogP contribution in [-0.4, -0.2) is 24.5 Å². The molecular weight excluding hydrogens is 263 g/mol. The van der Waals surface area contributed by atoms with E-state index in [4.69, 9.17) is 17.3 Å². The molecule has 0 aliphatic heterocycles. The summed E-state index contributed by atoms with van der Waals surface area (Å²) in [6, 6.07) is 5.72. The monoisotopic (exact) mass is 284 g/mol. The molecule has 0 heterocycles. The van der Waals surface area contributed by atoms with Crippen molar-refractivity contribution in [2.24, 2.45) is 11.7 Å². The van der Waals surface area contributed by atoms with Crippen LogP contribution in [0.3, 0.4) is 0 Å². The lowest BCUT2D eigenvalue weighted by molar-refractivity contribution is 0.152. The lowest BCUT2D eigenvalue weighted by Gasteiger charge is -2.34. The molecule has 2 nitrogen and oxygen atoms in total. The fourth-order valence-corrected chi connectivity index (χ4v) is 3.31. The highest BCUT2D eigenvalue weighted by molar-refractivity contribution is 6.30. The van der Waals surface area contributed by atoms with Gasteiger partial charge in [-0.15, -0.1) is 0 Å². The molecule has 2 N–H and O–H groups in total. The van der Waals surface area contributed by atoms with Crippen LogP contribution in [0.1, 0.15) is 37.8 Å². The third-order valence-electron chi connectivity index (χ3n) is 4.48. The average molecular weight is 285 g/mol. The van der Waals surface area contributed by atoms with E-state index in [2.05, 4.69) is 18.9 Å². The second-order valence-electron chi connectivity index (χ2n) is 5.51. The quantitative estimate of drug-likeness (QED) is 0.915. The van der Waals surface area contributed by atoms with Crippen molar-refractivity contribution in [2.75, 3.05) is 13.6 Å². The minimum Gasteiger partial charge on any atom is -0.330 e. The van der Waals surface area contributed by atoms with Gasteiger partial charge < -0.3 is 5.73 Å². The number of nitrogens with zero attached hydrogens (tertiary/aromatic N) is 1. The minimum atomic E-state index is -0.360. The Kier molecular flexibility index (Phi) is 4.82. The van der Waals surface area contributed by atoms with Crippen LogP contribution in [0.5, 0.6) is 0 Å². The van der Waals surface area contributed by atoms with E-state index in [0.717, 1.165) is 12.1 Å². The smallest absolute Gasteiger partial charge is 0.141 e. The highest BCUT2D eigenvalue weighted by atomic mass is 35.5. The Morgan fingerprint density at radius 2 is 2.21 bits per heavy atom. The molecule has 3 atom stereocenters. The van der Waals surface area contributed by atoms with Gasteiger partial charge in [-0.1, -0.05) is 24.1 Å². The van der Waals surface area contributed by atoms with E-state index >= 15 is 0 Å². The van der Waals surface area contributed by atoms with E-state index in [0.29, 0.717) is 12.0 Å². The van der Waals surface area contributed by atoms with Gasteiger partial charge in [0.1, 0.15) is 5.82 Å². The summed E-state index contributed by atoms with van der Waals surface area (Å²) in [5, 5.41) is 0.194. The summed E-state index contributed by atoms with van der Waals surface area (Å²) in [4.78, 5) is 2.36. The van der Waals surface area contributed by atoms with Crippen molar-refractivity contribution in [1.82, 2.24) is 4.90 Å². The maximum atomic E-state index is 13.2. The van der Waals surface area contributed by atoms with Gasteiger partial charge in [-0.25, -0.2) is 4.39 Å². The summed E-state index contributed by atoms with van der Waals surface area (Å²) in [6.07, 6.45) is 3.65. The third kappa shape index (κ3) is 3.10. The summed E-state index contributed by atoms with van der Waals surface area (Å²) in [6.45, 7) is 2.88. The second-order valence-corrected chi connectivity index (χ2v) is 5.92. The Labute approximate surface area is 119 Å². The Bertz CT molecular complexity index is 438. The van der Waals surface area contributed by atoms with E-state index in [1.54, 1.807) is 6.07 Å². The molecule has 1 aliphatic carbocycles. The predicted molar refractivity (Wildman–Crippen MR) is 77.8 cm³/mol. The van der Waals surface area contributed by atoms with Crippen LogP contribution in [-0.2, 0) is 0 Å². The number of hydrogen-bond donors (Lipinski definition) is 1. The standard InChI is InChI=1S/C15H22ClFN2/c1-10(11-6-7-14(17)13(16)8-11)19(2)15-5-3-4-12(15)9-18/h6-8,10,12,15H,3-5,9,18H2,1-2H3. The number of hydrogen-bond acceptors (Lipinski definition) is 2. The van der Waals surface area contributed by atoms with E-state index in [1.165, 1.54) is 25.3 Å². The number of benzene rings is 1. The molecule has 1 aliphatic rings. The number of halogens is 2. The molecule has 0 saturated heterocycles. The third-order valence-corrected chi connectivity index (χ3v) is 4.77. The Morgan fingerprint density at radius 3 is 2.84 bits per heavy atom. The Hall–Kier alpha value is -0.640. The van der Waals surface area contributed by atoms with Crippen molar-refractivity contribution in [2.45, 2.75) is 38.3 Å². The topological polar surface area (TPSA) is 29.3 Å². The van der Waals surface area contributed by atoms with Gasteiger partial charge in [0.2, 0.25) is 0 Å². The zero-order chi connectivity index (χ0) is 14.0. The highest BCUT2D eigenvalue weighted by Crippen LogP contribution is 2.34. The van der Waals surface area contributed by atoms with Crippen molar-refractivity contribution in [3.63, 3.8) is 0 Å². The van der Waals surface area contributed by atoms with Crippen molar-refractivity contribution in [3.8, 4) is 0 Å².